The molecule has 2 heterocycles. The predicted octanol–water partition coefficient (Wildman–Crippen LogP) is 3.78. The van der Waals surface area contributed by atoms with Gasteiger partial charge < -0.3 is 19.9 Å². The number of hydrogen-bond donors (Lipinski definition) is 2. The van der Waals surface area contributed by atoms with Crippen LogP contribution in [0.25, 0.3) is 10.9 Å². The minimum atomic E-state index is -0.255. The summed E-state index contributed by atoms with van der Waals surface area (Å²) in [6.07, 6.45) is 4.55. The molecule has 2 amide bonds. The highest BCUT2D eigenvalue weighted by molar-refractivity contribution is 5.90. The first-order valence-electron chi connectivity index (χ1n) is 12.5. The molecule has 178 valence electrons. The van der Waals surface area contributed by atoms with Crippen molar-refractivity contribution >= 4 is 22.9 Å². The highest BCUT2D eigenvalue weighted by Gasteiger charge is 2.43. The molecule has 3 aliphatic rings. The van der Waals surface area contributed by atoms with E-state index < -0.39 is 0 Å². The SMILES string of the molecule is CCN(CC)C(=O)N[C@H]1CC2c3cccc4[nH]c(COC(C)=O)c(c34)C[C@H]2N(CC2CC2)C1. The highest BCUT2D eigenvalue weighted by atomic mass is 16.5. The molecule has 0 spiro atoms. The van der Waals surface area contributed by atoms with Crippen molar-refractivity contribution in [2.75, 3.05) is 26.2 Å². The van der Waals surface area contributed by atoms with Gasteiger partial charge in [0, 0.05) is 62.0 Å². The van der Waals surface area contributed by atoms with E-state index in [0.29, 0.717) is 18.6 Å². The maximum absolute atomic E-state index is 12.8. The summed E-state index contributed by atoms with van der Waals surface area (Å²) >= 11 is 0. The summed E-state index contributed by atoms with van der Waals surface area (Å²) in [5.41, 5.74) is 4.81. The molecule has 2 aromatic rings. The molecule has 0 radical (unpaired) electrons. The van der Waals surface area contributed by atoms with E-state index in [1.165, 1.54) is 36.3 Å². The largest absolute Gasteiger partial charge is 0.459 e. The van der Waals surface area contributed by atoms with Crippen molar-refractivity contribution in [1.82, 2.24) is 20.1 Å². The Morgan fingerprint density at radius 3 is 2.73 bits per heavy atom. The molecule has 2 aliphatic carbocycles. The number of carbonyl (C=O) groups is 2. The van der Waals surface area contributed by atoms with E-state index in [9.17, 15) is 9.59 Å². The van der Waals surface area contributed by atoms with Crippen LogP contribution in [-0.4, -0.2) is 65.0 Å². The third kappa shape index (κ3) is 4.35. The zero-order valence-corrected chi connectivity index (χ0v) is 20.0. The van der Waals surface area contributed by atoms with Crippen molar-refractivity contribution in [2.24, 2.45) is 5.92 Å². The molecular weight excluding hydrogens is 416 g/mol. The van der Waals surface area contributed by atoms with Gasteiger partial charge in [-0.05, 0) is 62.6 Å². The topological polar surface area (TPSA) is 77.7 Å². The van der Waals surface area contributed by atoms with Crippen molar-refractivity contribution in [3.8, 4) is 0 Å². The molecular formula is C26H36N4O3. The van der Waals surface area contributed by atoms with Crippen molar-refractivity contribution in [3.05, 3.63) is 35.0 Å². The Balaban J connectivity index is 1.47. The van der Waals surface area contributed by atoms with Crippen LogP contribution in [0, 0.1) is 5.92 Å². The molecule has 1 unspecified atom stereocenters. The third-order valence-electron chi connectivity index (χ3n) is 7.78. The van der Waals surface area contributed by atoms with Crippen LogP contribution in [0.5, 0.6) is 0 Å². The van der Waals surface area contributed by atoms with Gasteiger partial charge in [0.05, 0.1) is 5.69 Å². The zero-order valence-electron chi connectivity index (χ0n) is 20.0. The van der Waals surface area contributed by atoms with Gasteiger partial charge in [0.2, 0.25) is 0 Å². The number of benzene rings is 1. The molecule has 7 nitrogen and oxygen atoms in total. The molecule has 2 fully saturated rings. The second-order valence-corrected chi connectivity index (χ2v) is 9.96. The fourth-order valence-electron chi connectivity index (χ4n) is 5.98. The van der Waals surface area contributed by atoms with Crippen LogP contribution in [-0.2, 0) is 22.6 Å². The quantitative estimate of drug-likeness (QED) is 0.627. The van der Waals surface area contributed by atoms with Crippen molar-refractivity contribution in [3.63, 3.8) is 0 Å². The number of likely N-dealkylation sites (tertiary alicyclic amines) is 1. The third-order valence-corrected chi connectivity index (χ3v) is 7.78. The lowest BCUT2D eigenvalue weighted by molar-refractivity contribution is -0.142. The summed E-state index contributed by atoms with van der Waals surface area (Å²) in [5.74, 6) is 0.912. The van der Waals surface area contributed by atoms with Gasteiger partial charge in [-0.3, -0.25) is 9.69 Å². The number of piperidine rings is 1. The Bertz CT molecular complexity index is 1040. The zero-order chi connectivity index (χ0) is 23.1. The van der Waals surface area contributed by atoms with Gasteiger partial charge in [0.1, 0.15) is 6.61 Å². The number of ether oxygens (including phenoxy) is 1. The number of rotatable bonds is 7. The number of fused-ring (bicyclic) bond motifs is 2. The Kier molecular flexibility index (Phi) is 6.08. The lowest BCUT2D eigenvalue weighted by Crippen LogP contribution is -2.58. The molecule has 5 rings (SSSR count). The molecule has 33 heavy (non-hydrogen) atoms. The second-order valence-electron chi connectivity index (χ2n) is 9.96. The number of esters is 1. The molecule has 3 atom stereocenters. The maximum atomic E-state index is 12.8. The fraction of sp³-hybridized carbons (Fsp3) is 0.615. The maximum Gasteiger partial charge on any atom is 0.317 e. The van der Waals surface area contributed by atoms with Crippen LogP contribution in [0.3, 0.4) is 0 Å². The van der Waals surface area contributed by atoms with Crippen molar-refractivity contribution in [1.29, 1.82) is 0 Å². The number of H-pyrrole nitrogens is 1. The number of amides is 2. The van der Waals surface area contributed by atoms with Gasteiger partial charge in [-0.25, -0.2) is 4.79 Å². The van der Waals surface area contributed by atoms with Crippen LogP contribution in [0.1, 0.15) is 62.8 Å². The molecule has 7 heteroatoms. The normalized spacial score (nSPS) is 24.4. The van der Waals surface area contributed by atoms with Gasteiger partial charge >= 0.3 is 12.0 Å². The summed E-state index contributed by atoms with van der Waals surface area (Å²) < 4.78 is 5.37. The average Bonchev–Trinajstić information content (AvgIpc) is 3.54. The van der Waals surface area contributed by atoms with Gasteiger partial charge in [0.15, 0.2) is 0 Å². The number of carbonyl (C=O) groups excluding carboxylic acids is 2. The molecule has 1 aromatic carbocycles. The van der Waals surface area contributed by atoms with E-state index in [2.05, 4.69) is 33.4 Å². The molecule has 1 saturated carbocycles. The molecule has 0 bridgehead atoms. The van der Waals surface area contributed by atoms with Crippen LogP contribution in [0.4, 0.5) is 4.79 Å². The summed E-state index contributed by atoms with van der Waals surface area (Å²) in [5, 5.41) is 4.65. The minimum absolute atomic E-state index is 0.0508. The first kappa shape index (κ1) is 22.3. The van der Waals surface area contributed by atoms with Gasteiger partial charge in [-0.1, -0.05) is 12.1 Å². The van der Waals surface area contributed by atoms with Crippen LogP contribution >= 0.6 is 0 Å². The summed E-state index contributed by atoms with van der Waals surface area (Å²) in [6, 6.07) is 7.11. The van der Waals surface area contributed by atoms with E-state index >= 15 is 0 Å². The summed E-state index contributed by atoms with van der Waals surface area (Å²) in [4.78, 5) is 32.3. The number of hydrogen-bond acceptors (Lipinski definition) is 4. The van der Waals surface area contributed by atoms with Crippen LogP contribution in [0.2, 0.25) is 0 Å². The molecule has 1 aromatic heterocycles. The Morgan fingerprint density at radius 1 is 1.24 bits per heavy atom. The number of aromatic nitrogens is 1. The summed E-state index contributed by atoms with van der Waals surface area (Å²) in [7, 11) is 0. The predicted molar refractivity (Wildman–Crippen MR) is 128 cm³/mol. The van der Waals surface area contributed by atoms with Gasteiger partial charge in [-0.2, -0.15) is 0 Å². The number of urea groups is 1. The van der Waals surface area contributed by atoms with E-state index in [1.54, 1.807) is 0 Å². The molecule has 2 N–H and O–H groups in total. The molecule has 1 aliphatic heterocycles. The van der Waals surface area contributed by atoms with E-state index in [4.69, 9.17) is 4.74 Å². The Hall–Kier alpha value is -2.54. The van der Waals surface area contributed by atoms with Crippen LogP contribution in [0.15, 0.2) is 18.2 Å². The van der Waals surface area contributed by atoms with E-state index in [1.807, 2.05) is 18.7 Å². The standard InChI is InChI=1S/C26H36N4O3/c1-4-29(5-2)26(32)27-18-11-20-19-7-6-8-22-25(19)21(23(28-22)15-33-16(3)31)12-24(20)30(14-18)13-17-9-10-17/h6-8,17-18,20,24,28H,4-5,9-15H2,1-3H3,(H,27,32)/t18-,20?,24+/m0/s1. The van der Waals surface area contributed by atoms with Gasteiger partial charge in [-0.15, -0.1) is 0 Å². The molecule has 1 saturated heterocycles. The van der Waals surface area contributed by atoms with Crippen molar-refractivity contribution < 1.29 is 14.3 Å². The Labute approximate surface area is 195 Å². The van der Waals surface area contributed by atoms with E-state index in [-0.39, 0.29) is 18.0 Å². The minimum Gasteiger partial charge on any atom is -0.459 e. The lowest BCUT2D eigenvalue weighted by atomic mass is 9.73. The van der Waals surface area contributed by atoms with Crippen molar-refractivity contribution in [2.45, 2.75) is 71.1 Å². The number of aromatic amines is 1. The van der Waals surface area contributed by atoms with Gasteiger partial charge in [0.25, 0.3) is 0 Å². The Morgan fingerprint density at radius 2 is 2.03 bits per heavy atom. The number of nitrogens with zero attached hydrogens (tertiary/aromatic N) is 2. The second kappa shape index (κ2) is 9.01. The first-order valence-corrected chi connectivity index (χ1v) is 12.5. The fourth-order valence-corrected chi connectivity index (χ4v) is 5.98. The highest BCUT2D eigenvalue weighted by Crippen LogP contribution is 2.45. The average molecular weight is 453 g/mol. The number of nitrogens with one attached hydrogen (secondary N) is 2. The monoisotopic (exact) mass is 452 g/mol. The van der Waals surface area contributed by atoms with E-state index in [0.717, 1.165) is 56.1 Å². The smallest absolute Gasteiger partial charge is 0.317 e. The first-order chi connectivity index (χ1) is 16.0. The van der Waals surface area contributed by atoms with Crippen LogP contribution < -0.4 is 5.32 Å². The lowest BCUT2D eigenvalue weighted by Gasteiger charge is -2.47. The summed E-state index contributed by atoms with van der Waals surface area (Å²) in [6.45, 7) is 9.27.